The topological polar surface area (TPSA) is 35.2 Å². The van der Waals surface area contributed by atoms with E-state index in [1.807, 2.05) is 0 Å². The molecule has 2 fully saturated rings. The first-order chi connectivity index (χ1) is 9.62. The normalized spacial score (nSPS) is 28.8. The van der Waals surface area contributed by atoms with E-state index in [2.05, 4.69) is 0 Å². The summed E-state index contributed by atoms with van der Waals surface area (Å²) in [5.41, 5.74) is 6.49. The van der Waals surface area contributed by atoms with Crippen LogP contribution in [0, 0.1) is 5.41 Å². The molecule has 2 N–H and O–H groups in total. The van der Waals surface area contributed by atoms with Gasteiger partial charge in [-0.1, -0.05) is 48.9 Å². The predicted octanol–water partition coefficient (Wildman–Crippen LogP) is 4.81. The highest BCUT2D eigenvalue weighted by molar-refractivity contribution is 6.34. The zero-order chi connectivity index (χ0) is 14.2. The maximum atomic E-state index is 6.33. The third kappa shape index (κ3) is 2.54. The molecule has 20 heavy (non-hydrogen) atoms. The van der Waals surface area contributed by atoms with Crippen LogP contribution >= 0.6 is 23.2 Å². The molecular formula is C16H21Cl2NO. The van der Waals surface area contributed by atoms with Crippen molar-refractivity contribution in [3.05, 3.63) is 28.2 Å². The molecule has 0 radical (unpaired) electrons. The van der Waals surface area contributed by atoms with E-state index in [0.29, 0.717) is 15.8 Å². The van der Waals surface area contributed by atoms with E-state index in [9.17, 15) is 0 Å². The second kappa shape index (κ2) is 5.75. The van der Waals surface area contributed by atoms with Crippen molar-refractivity contribution in [3.63, 3.8) is 0 Å². The van der Waals surface area contributed by atoms with Gasteiger partial charge in [-0.25, -0.2) is 0 Å². The summed E-state index contributed by atoms with van der Waals surface area (Å²) in [4.78, 5) is 0. The largest absolute Gasteiger partial charge is 0.488 e. The van der Waals surface area contributed by atoms with Gasteiger partial charge in [0.1, 0.15) is 11.9 Å². The van der Waals surface area contributed by atoms with Crippen molar-refractivity contribution >= 4 is 23.2 Å². The summed E-state index contributed by atoms with van der Waals surface area (Å²) in [5.74, 6) is 0.694. The van der Waals surface area contributed by atoms with Crippen molar-refractivity contribution in [3.8, 4) is 5.75 Å². The van der Waals surface area contributed by atoms with Crippen LogP contribution < -0.4 is 10.5 Å². The highest BCUT2D eigenvalue weighted by atomic mass is 35.5. The highest BCUT2D eigenvalue weighted by Crippen LogP contribution is 2.52. The van der Waals surface area contributed by atoms with Gasteiger partial charge in [-0.15, -0.1) is 0 Å². The molecule has 2 unspecified atom stereocenters. The maximum Gasteiger partial charge on any atom is 0.139 e. The Hall–Kier alpha value is -0.440. The fourth-order valence-electron chi connectivity index (χ4n) is 3.74. The van der Waals surface area contributed by atoms with E-state index in [0.717, 1.165) is 6.42 Å². The number of rotatable bonds is 2. The van der Waals surface area contributed by atoms with Crippen molar-refractivity contribution in [2.75, 3.05) is 0 Å². The third-order valence-electron chi connectivity index (χ3n) is 5.04. The molecule has 1 spiro atoms. The highest BCUT2D eigenvalue weighted by Gasteiger charge is 2.54. The minimum atomic E-state index is 0.155. The van der Waals surface area contributed by atoms with Crippen LogP contribution in [0.15, 0.2) is 18.2 Å². The van der Waals surface area contributed by atoms with Crippen LogP contribution in [-0.4, -0.2) is 12.1 Å². The molecule has 2 atom stereocenters. The molecule has 2 saturated carbocycles. The number of benzene rings is 1. The molecule has 0 amide bonds. The van der Waals surface area contributed by atoms with E-state index in [4.69, 9.17) is 33.7 Å². The van der Waals surface area contributed by atoms with Crippen LogP contribution in [0.25, 0.3) is 0 Å². The van der Waals surface area contributed by atoms with Gasteiger partial charge in [-0.05, 0) is 25.0 Å². The molecular weight excluding hydrogens is 293 g/mol. The van der Waals surface area contributed by atoms with E-state index < -0.39 is 0 Å². The number of hydrogen-bond donors (Lipinski definition) is 1. The summed E-state index contributed by atoms with van der Waals surface area (Å²) >= 11 is 12.2. The van der Waals surface area contributed by atoms with Crippen LogP contribution in [0.2, 0.25) is 10.0 Å². The van der Waals surface area contributed by atoms with E-state index in [-0.39, 0.29) is 17.6 Å². The Bertz CT molecular complexity index is 483. The van der Waals surface area contributed by atoms with Crippen molar-refractivity contribution < 1.29 is 4.74 Å². The molecule has 1 aromatic carbocycles. The van der Waals surface area contributed by atoms with Gasteiger partial charge in [-0.2, -0.15) is 0 Å². The van der Waals surface area contributed by atoms with Gasteiger partial charge in [0.15, 0.2) is 0 Å². The Labute approximate surface area is 130 Å². The van der Waals surface area contributed by atoms with E-state index >= 15 is 0 Å². The van der Waals surface area contributed by atoms with Gasteiger partial charge < -0.3 is 10.5 Å². The lowest BCUT2D eigenvalue weighted by Crippen LogP contribution is -2.63. The molecule has 0 saturated heterocycles. The summed E-state index contributed by atoms with van der Waals surface area (Å²) in [6.07, 6.45) is 8.62. The van der Waals surface area contributed by atoms with Gasteiger partial charge in [0.05, 0.1) is 5.02 Å². The molecule has 110 valence electrons. The Morgan fingerprint density at radius 3 is 2.45 bits per heavy atom. The lowest BCUT2D eigenvalue weighted by atomic mass is 9.58. The standard InChI is InChI=1S/C16H21Cl2NO/c17-11-5-6-12(18)13(9-11)20-15-10-14(19)16(15)7-3-1-2-4-8-16/h5-6,9,14-15H,1-4,7-8,10,19H2. The summed E-state index contributed by atoms with van der Waals surface area (Å²) < 4.78 is 6.18. The average molecular weight is 314 g/mol. The minimum Gasteiger partial charge on any atom is -0.488 e. The fraction of sp³-hybridized carbons (Fsp3) is 0.625. The SMILES string of the molecule is NC1CC(Oc2cc(Cl)ccc2Cl)C12CCCCCC2. The lowest BCUT2D eigenvalue weighted by molar-refractivity contribution is -0.0769. The lowest BCUT2D eigenvalue weighted by Gasteiger charge is -2.54. The van der Waals surface area contributed by atoms with Crippen LogP contribution in [0.5, 0.6) is 5.75 Å². The Kier molecular flexibility index (Phi) is 4.16. The Balaban J connectivity index is 1.78. The molecule has 2 aliphatic rings. The molecule has 0 aromatic heterocycles. The van der Waals surface area contributed by atoms with Crippen LogP contribution in [0.1, 0.15) is 44.9 Å². The van der Waals surface area contributed by atoms with Gasteiger partial charge in [-0.3, -0.25) is 0 Å². The zero-order valence-corrected chi connectivity index (χ0v) is 13.1. The van der Waals surface area contributed by atoms with Gasteiger partial charge >= 0.3 is 0 Å². The Morgan fingerprint density at radius 1 is 1.10 bits per heavy atom. The summed E-state index contributed by atoms with van der Waals surface area (Å²) in [6.45, 7) is 0. The molecule has 4 heteroatoms. The second-order valence-corrected chi connectivity index (χ2v) is 7.01. The second-order valence-electron chi connectivity index (χ2n) is 6.17. The van der Waals surface area contributed by atoms with Crippen molar-refractivity contribution in [1.82, 2.24) is 0 Å². The number of halogens is 2. The first-order valence-corrected chi connectivity index (χ1v) is 8.25. The van der Waals surface area contributed by atoms with Crippen molar-refractivity contribution in [1.29, 1.82) is 0 Å². The number of ether oxygens (including phenoxy) is 1. The van der Waals surface area contributed by atoms with Crippen LogP contribution in [0.3, 0.4) is 0 Å². The predicted molar refractivity (Wildman–Crippen MR) is 83.6 cm³/mol. The van der Waals surface area contributed by atoms with Gasteiger partial charge in [0.2, 0.25) is 0 Å². The van der Waals surface area contributed by atoms with Crippen LogP contribution in [0.4, 0.5) is 0 Å². The monoisotopic (exact) mass is 313 g/mol. The van der Waals surface area contributed by atoms with Crippen molar-refractivity contribution in [2.45, 2.75) is 57.1 Å². The van der Waals surface area contributed by atoms with E-state index in [1.54, 1.807) is 18.2 Å². The zero-order valence-electron chi connectivity index (χ0n) is 11.6. The molecule has 0 aliphatic heterocycles. The molecule has 1 aromatic rings. The molecule has 2 nitrogen and oxygen atoms in total. The molecule has 2 aliphatic carbocycles. The van der Waals surface area contributed by atoms with Crippen LogP contribution in [-0.2, 0) is 0 Å². The summed E-state index contributed by atoms with van der Waals surface area (Å²) in [5, 5.41) is 1.28. The Morgan fingerprint density at radius 2 is 1.80 bits per heavy atom. The number of hydrogen-bond acceptors (Lipinski definition) is 2. The first kappa shape index (κ1) is 14.5. The first-order valence-electron chi connectivity index (χ1n) is 7.49. The quantitative estimate of drug-likeness (QED) is 0.850. The molecule has 3 rings (SSSR count). The maximum absolute atomic E-state index is 6.33. The smallest absolute Gasteiger partial charge is 0.139 e. The van der Waals surface area contributed by atoms with Gasteiger partial charge in [0.25, 0.3) is 0 Å². The summed E-state index contributed by atoms with van der Waals surface area (Å²) in [7, 11) is 0. The molecule has 0 bridgehead atoms. The minimum absolute atomic E-state index is 0.155. The number of nitrogens with two attached hydrogens (primary N) is 1. The fourth-order valence-corrected chi connectivity index (χ4v) is 4.07. The van der Waals surface area contributed by atoms with E-state index in [1.165, 1.54) is 38.5 Å². The van der Waals surface area contributed by atoms with Gasteiger partial charge in [0, 0.05) is 29.0 Å². The molecule has 0 heterocycles. The third-order valence-corrected chi connectivity index (χ3v) is 5.59. The van der Waals surface area contributed by atoms with Crippen molar-refractivity contribution in [2.24, 2.45) is 11.1 Å². The summed E-state index contributed by atoms with van der Waals surface area (Å²) in [6, 6.07) is 5.64. The average Bonchev–Trinajstić information content (AvgIpc) is 2.70.